The van der Waals surface area contributed by atoms with Crippen LogP contribution in [0.15, 0.2) is 25.8 Å². The third-order valence-corrected chi connectivity index (χ3v) is 4.53. The molecule has 0 bridgehead atoms. The molecule has 0 unspecified atom stereocenters. The Morgan fingerprint density at radius 1 is 1.32 bits per heavy atom. The summed E-state index contributed by atoms with van der Waals surface area (Å²) in [4.78, 5) is 23.2. The van der Waals surface area contributed by atoms with E-state index in [1.165, 1.54) is 5.48 Å². The Kier molecular flexibility index (Phi) is 4.17. The fraction of sp³-hybridized carbons (Fsp3) is 0.333. The van der Waals surface area contributed by atoms with Gasteiger partial charge < -0.3 is 9.15 Å². The quantitative estimate of drug-likeness (QED) is 0.493. The van der Waals surface area contributed by atoms with E-state index in [9.17, 15) is 9.59 Å². The van der Waals surface area contributed by atoms with Crippen LogP contribution in [-0.4, -0.2) is 17.7 Å². The normalized spacial score (nSPS) is 13.7. The molecule has 1 aromatic heterocycles. The van der Waals surface area contributed by atoms with Crippen LogP contribution in [0.5, 0.6) is 5.75 Å². The number of carbonyl (C=O) groups excluding carboxylic acids is 1. The van der Waals surface area contributed by atoms with Crippen molar-refractivity contribution in [3.05, 3.63) is 38.2 Å². The SMILES string of the molecule is O=C(COc1ccc2c3c(c(=O)oc2c1Br)CCCC3)NO. The second kappa shape index (κ2) is 6.10. The molecule has 3 rings (SSSR count). The molecule has 0 saturated carbocycles. The maximum Gasteiger partial charge on any atom is 0.339 e. The topological polar surface area (TPSA) is 88.8 Å². The van der Waals surface area contributed by atoms with Gasteiger partial charge in [-0.1, -0.05) is 0 Å². The summed E-state index contributed by atoms with van der Waals surface area (Å²) in [5.74, 6) is -0.297. The molecule has 0 atom stereocenters. The average Bonchev–Trinajstić information content (AvgIpc) is 2.55. The van der Waals surface area contributed by atoms with E-state index in [0.29, 0.717) is 15.8 Å². The Morgan fingerprint density at radius 2 is 2.05 bits per heavy atom. The van der Waals surface area contributed by atoms with Crippen molar-refractivity contribution in [2.24, 2.45) is 0 Å². The van der Waals surface area contributed by atoms with Crippen molar-refractivity contribution in [1.29, 1.82) is 0 Å². The highest BCUT2D eigenvalue weighted by Gasteiger charge is 2.20. The first-order valence-electron chi connectivity index (χ1n) is 6.94. The van der Waals surface area contributed by atoms with E-state index >= 15 is 0 Å². The van der Waals surface area contributed by atoms with E-state index in [2.05, 4.69) is 15.9 Å². The molecule has 116 valence electrons. The van der Waals surface area contributed by atoms with E-state index in [4.69, 9.17) is 14.4 Å². The summed E-state index contributed by atoms with van der Waals surface area (Å²) >= 11 is 3.36. The van der Waals surface area contributed by atoms with Gasteiger partial charge in [-0.2, -0.15) is 0 Å². The number of halogens is 1. The van der Waals surface area contributed by atoms with Gasteiger partial charge in [-0.25, -0.2) is 10.3 Å². The molecular weight excluding hydrogens is 354 g/mol. The first-order valence-corrected chi connectivity index (χ1v) is 7.74. The number of rotatable bonds is 3. The largest absolute Gasteiger partial charge is 0.482 e. The molecule has 0 spiro atoms. The second-order valence-corrected chi connectivity index (χ2v) is 5.92. The lowest BCUT2D eigenvalue weighted by Gasteiger charge is -2.17. The molecule has 0 fully saturated rings. The van der Waals surface area contributed by atoms with Gasteiger partial charge >= 0.3 is 5.63 Å². The van der Waals surface area contributed by atoms with Crippen LogP contribution in [0, 0.1) is 0 Å². The smallest absolute Gasteiger partial charge is 0.339 e. The third kappa shape index (κ3) is 2.62. The molecular formula is C15H14BrNO5. The van der Waals surface area contributed by atoms with Crippen molar-refractivity contribution in [1.82, 2.24) is 5.48 Å². The van der Waals surface area contributed by atoms with Gasteiger partial charge in [-0.15, -0.1) is 0 Å². The molecule has 0 saturated heterocycles. The van der Waals surface area contributed by atoms with Gasteiger partial charge in [-0.3, -0.25) is 10.0 Å². The van der Waals surface area contributed by atoms with E-state index in [-0.39, 0.29) is 12.2 Å². The number of benzene rings is 1. The average molecular weight is 368 g/mol. The number of ether oxygens (including phenoxy) is 1. The summed E-state index contributed by atoms with van der Waals surface area (Å²) in [7, 11) is 0. The van der Waals surface area contributed by atoms with E-state index < -0.39 is 5.91 Å². The summed E-state index contributed by atoms with van der Waals surface area (Å²) in [5, 5.41) is 9.36. The molecule has 0 aliphatic heterocycles. The Labute approximate surface area is 134 Å². The maximum atomic E-state index is 12.1. The molecule has 22 heavy (non-hydrogen) atoms. The molecule has 1 amide bonds. The van der Waals surface area contributed by atoms with Crippen LogP contribution >= 0.6 is 15.9 Å². The standard InChI is InChI=1S/C15H14BrNO5/c16-13-11(21-7-12(18)17-20)6-5-9-8-3-1-2-4-10(8)15(19)22-14(9)13/h5-6,20H,1-4,7H2,(H,17,18). The Morgan fingerprint density at radius 3 is 2.77 bits per heavy atom. The zero-order valence-electron chi connectivity index (χ0n) is 11.6. The lowest BCUT2D eigenvalue weighted by atomic mass is 9.91. The number of aryl methyl sites for hydroxylation is 1. The summed E-state index contributed by atoms with van der Waals surface area (Å²) in [5.41, 5.74) is 3.40. The highest BCUT2D eigenvalue weighted by molar-refractivity contribution is 9.10. The summed E-state index contributed by atoms with van der Waals surface area (Å²) in [6, 6.07) is 3.55. The molecule has 2 N–H and O–H groups in total. The zero-order chi connectivity index (χ0) is 15.7. The van der Waals surface area contributed by atoms with Gasteiger partial charge in [0.05, 0.1) is 0 Å². The highest BCUT2D eigenvalue weighted by atomic mass is 79.9. The van der Waals surface area contributed by atoms with E-state index in [0.717, 1.165) is 42.2 Å². The molecule has 6 nitrogen and oxygen atoms in total. The van der Waals surface area contributed by atoms with Crippen molar-refractivity contribution >= 4 is 32.8 Å². The molecule has 1 aromatic carbocycles. The Balaban J connectivity index is 2.08. The van der Waals surface area contributed by atoms with Crippen LogP contribution in [0.2, 0.25) is 0 Å². The number of hydroxylamine groups is 1. The van der Waals surface area contributed by atoms with E-state index in [1.54, 1.807) is 6.07 Å². The fourth-order valence-corrected chi connectivity index (χ4v) is 3.29. The van der Waals surface area contributed by atoms with Crippen molar-refractivity contribution in [3.63, 3.8) is 0 Å². The molecule has 1 heterocycles. The maximum absolute atomic E-state index is 12.1. The summed E-state index contributed by atoms with van der Waals surface area (Å²) in [6.45, 7) is -0.338. The lowest BCUT2D eigenvalue weighted by molar-refractivity contribution is -0.131. The van der Waals surface area contributed by atoms with Gasteiger partial charge in [0, 0.05) is 10.9 Å². The number of amides is 1. The second-order valence-electron chi connectivity index (χ2n) is 5.13. The third-order valence-electron chi connectivity index (χ3n) is 3.78. The predicted octanol–water partition coefficient (Wildman–Crippen LogP) is 2.32. The van der Waals surface area contributed by atoms with Gasteiger partial charge in [-0.05, 0) is 59.3 Å². The number of hydrogen-bond acceptors (Lipinski definition) is 5. The van der Waals surface area contributed by atoms with Crippen LogP contribution < -0.4 is 15.8 Å². The molecule has 1 aliphatic rings. The number of nitrogens with one attached hydrogen (secondary N) is 1. The minimum absolute atomic E-state index is 0.312. The summed E-state index contributed by atoms with van der Waals surface area (Å²) < 4.78 is 11.2. The lowest BCUT2D eigenvalue weighted by Crippen LogP contribution is -2.25. The number of hydrogen-bond donors (Lipinski definition) is 2. The van der Waals surface area contributed by atoms with Crippen molar-refractivity contribution < 1.29 is 19.2 Å². The fourth-order valence-electron chi connectivity index (χ4n) is 2.74. The number of fused-ring (bicyclic) bond motifs is 3. The molecule has 1 aliphatic carbocycles. The predicted molar refractivity (Wildman–Crippen MR) is 82.3 cm³/mol. The van der Waals surface area contributed by atoms with Crippen molar-refractivity contribution in [2.45, 2.75) is 25.7 Å². The van der Waals surface area contributed by atoms with Gasteiger partial charge in [0.25, 0.3) is 5.91 Å². The first-order chi connectivity index (χ1) is 10.6. The van der Waals surface area contributed by atoms with Crippen LogP contribution in [-0.2, 0) is 17.6 Å². The van der Waals surface area contributed by atoms with Crippen molar-refractivity contribution in [2.75, 3.05) is 6.61 Å². The first kappa shape index (κ1) is 15.1. The zero-order valence-corrected chi connectivity index (χ0v) is 13.2. The minimum Gasteiger partial charge on any atom is -0.482 e. The Hall–Kier alpha value is -1.86. The van der Waals surface area contributed by atoms with Gasteiger partial charge in [0.1, 0.15) is 10.2 Å². The van der Waals surface area contributed by atoms with Crippen LogP contribution in [0.3, 0.4) is 0 Å². The van der Waals surface area contributed by atoms with E-state index in [1.807, 2.05) is 6.07 Å². The summed E-state index contributed by atoms with van der Waals surface area (Å²) in [6.07, 6.45) is 3.66. The van der Waals surface area contributed by atoms with Crippen LogP contribution in [0.1, 0.15) is 24.0 Å². The monoisotopic (exact) mass is 367 g/mol. The molecule has 0 radical (unpaired) electrons. The van der Waals surface area contributed by atoms with Crippen LogP contribution in [0.4, 0.5) is 0 Å². The minimum atomic E-state index is -0.668. The Bertz CT molecular complexity index is 799. The van der Waals surface area contributed by atoms with Crippen molar-refractivity contribution in [3.8, 4) is 5.75 Å². The molecule has 7 heteroatoms. The highest BCUT2D eigenvalue weighted by Crippen LogP contribution is 2.36. The van der Waals surface area contributed by atoms with Crippen LogP contribution in [0.25, 0.3) is 11.0 Å². The number of carbonyl (C=O) groups is 1. The van der Waals surface area contributed by atoms with Gasteiger partial charge in [0.2, 0.25) is 0 Å². The van der Waals surface area contributed by atoms with Gasteiger partial charge in [0.15, 0.2) is 12.2 Å². The molecule has 2 aromatic rings.